The third-order valence-corrected chi connectivity index (χ3v) is 4.10. The lowest BCUT2D eigenvalue weighted by Crippen LogP contribution is -2.63. The van der Waals surface area contributed by atoms with E-state index in [0.29, 0.717) is 0 Å². The Morgan fingerprint density at radius 2 is 1.39 bits per heavy atom. The SMILES string of the molecule is CC(=O)N[C@H]1C(O)O[C@H](CO)[C@H](O)[C@@H]1O.O=C(O)C1OC(O)C(O)C(O)C1O. The molecular formula is C14H25NO13. The van der Waals surface area contributed by atoms with Crippen molar-refractivity contribution in [3.63, 3.8) is 0 Å². The lowest BCUT2D eigenvalue weighted by molar-refractivity contribution is -0.279. The maximum atomic E-state index is 10.7. The van der Waals surface area contributed by atoms with Crippen LogP contribution in [0.15, 0.2) is 0 Å². The van der Waals surface area contributed by atoms with Gasteiger partial charge in [-0.2, -0.15) is 0 Å². The Labute approximate surface area is 158 Å². The highest BCUT2D eigenvalue weighted by Gasteiger charge is 2.46. The molecule has 2 rings (SSSR count). The fourth-order valence-electron chi connectivity index (χ4n) is 2.55. The molecule has 6 unspecified atom stereocenters. The summed E-state index contributed by atoms with van der Waals surface area (Å²) < 4.78 is 9.15. The van der Waals surface area contributed by atoms with E-state index in [4.69, 9.17) is 35.4 Å². The van der Waals surface area contributed by atoms with Crippen molar-refractivity contribution >= 4 is 11.9 Å². The van der Waals surface area contributed by atoms with Crippen LogP contribution >= 0.6 is 0 Å². The average molecular weight is 415 g/mol. The highest BCUT2D eigenvalue weighted by atomic mass is 16.6. The van der Waals surface area contributed by atoms with Crippen LogP contribution in [-0.2, 0) is 19.1 Å². The number of carboxylic acids is 1. The Kier molecular flexibility index (Phi) is 9.09. The quantitative estimate of drug-likeness (QED) is 0.206. The van der Waals surface area contributed by atoms with E-state index in [1.54, 1.807) is 0 Å². The van der Waals surface area contributed by atoms with Crippen molar-refractivity contribution < 1.29 is 65.0 Å². The van der Waals surface area contributed by atoms with Crippen molar-refractivity contribution in [2.75, 3.05) is 6.61 Å². The maximum Gasteiger partial charge on any atom is 0.335 e. The van der Waals surface area contributed by atoms with E-state index < -0.39 is 79.8 Å². The van der Waals surface area contributed by atoms with Crippen LogP contribution in [0, 0.1) is 0 Å². The molecule has 164 valence electrons. The Morgan fingerprint density at radius 3 is 1.86 bits per heavy atom. The Hall–Kier alpha value is -1.46. The number of aliphatic hydroxyl groups excluding tert-OH is 8. The summed E-state index contributed by atoms with van der Waals surface area (Å²) in [6.45, 7) is 0.687. The highest BCUT2D eigenvalue weighted by molar-refractivity contribution is 5.73. The van der Waals surface area contributed by atoms with E-state index in [-0.39, 0.29) is 0 Å². The molecule has 28 heavy (non-hydrogen) atoms. The smallest absolute Gasteiger partial charge is 0.335 e. The van der Waals surface area contributed by atoms with Gasteiger partial charge in [-0.15, -0.1) is 0 Å². The summed E-state index contributed by atoms with van der Waals surface area (Å²) in [5.41, 5.74) is 0. The van der Waals surface area contributed by atoms with Gasteiger partial charge in [0.1, 0.15) is 42.7 Å². The molecule has 0 spiro atoms. The molecule has 0 aliphatic carbocycles. The molecule has 1 amide bonds. The van der Waals surface area contributed by atoms with Gasteiger partial charge in [0.25, 0.3) is 0 Å². The summed E-state index contributed by atoms with van der Waals surface area (Å²) in [5, 5.41) is 83.8. The van der Waals surface area contributed by atoms with Crippen molar-refractivity contribution in [3.05, 3.63) is 0 Å². The molecule has 0 bridgehead atoms. The summed E-state index contributed by atoms with van der Waals surface area (Å²) >= 11 is 0. The van der Waals surface area contributed by atoms with Crippen LogP contribution in [0.5, 0.6) is 0 Å². The molecule has 2 aliphatic heterocycles. The normalized spacial score (nSPS) is 43.5. The van der Waals surface area contributed by atoms with Gasteiger partial charge < -0.3 is 60.7 Å². The van der Waals surface area contributed by atoms with Crippen LogP contribution in [0.3, 0.4) is 0 Å². The van der Waals surface area contributed by atoms with Crippen LogP contribution in [-0.4, -0.2) is 126 Å². The van der Waals surface area contributed by atoms with Gasteiger partial charge in [-0.05, 0) is 0 Å². The first kappa shape index (κ1) is 24.6. The fraction of sp³-hybridized carbons (Fsp3) is 0.857. The van der Waals surface area contributed by atoms with E-state index in [9.17, 15) is 24.9 Å². The molecule has 2 fully saturated rings. The van der Waals surface area contributed by atoms with E-state index in [2.05, 4.69) is 10.1 Å². The van der Waals surface area contributed by atoms with E-state index in [0.717, 1.165) is 0 Å². The number of hydrogen-bond acceptors (Lipinski definition) is 12. The topological polar surface area (TPSA) is 247 Å². The predicted molar refractivity (Wildman–Crippen MR) is 84.1 cm³/mol. The van der Waals surface area contributed by atoms with Crippen molar-refractivity contribution in [2.45, 2.75) is 68.3 Å². The Balaban J connectivity index is 0.000000283. The summed E-state index contributed by atoms with van der Waals surface area (Å²) in [7, 11) is 0. The number of amides is 1. The van der Waals surface area contributed by atoms with E-state index >= 15 is 0 Å². The first-order valence-electron chi connectivity index (χ1n) is 8.10. The first-order valence-corrected chi connectivity index (χ1v) is 8.10. The Morgan fingerprint density at radius 1 is 0.821 bits per heavy atom. The van der Waals surface area contributed by atoms with Crippen LogP contribution < -0.4 is 5.32 Å². The van der Waals surface area contributed by atoms with Crippen LogP contribution in [0.2, 0.25) is 0 Å². The average Bonchev–Trinajstić information content (AvgIpc) is 2.63. The van der Waals surface area contributed by atoms with Gasteiger partial charge in [-0.25, -0.2) is 4.79 Å². The predicted octanol–water partition coefficient (Wildman–Crippen LogP) is -6.21. The van der Waals surface area contributed by atoms with Crippen LogP contribution in [0.4, 0.5) is 0 Å². The largest absolute Gasteiger partial charge is 0.479 e. The van der Waals surface area contributed by atoms with Crippen molar-refractivity contribution in [1.29, 1.82) is 0 Å². The monoisotopic (exact) mass is 415 g/mol. The van der Waals surface area contributed by atoms with Gasteiger partial charge in [0.05, 0.1) is 6.61 Å². The van der Waals surface area contributed by atoms with Crippen LogP contribution in [0.25, 0.3) is 0 Å². The number of carbonyl (C=O) groups excluding carboxylic acids is 1. The zero-order valence-corrected chi connectivity index (χ0v) is 14.6. The number of rotatable bonds is 3. The lowest BCUT2D eigenvalue weighted by atomic mass is 9.97. The third kappa shape index (κ3) is 5.77. The van der Waals surface area contributed by atoms with Gasteiger partial charge in [0.2, 0.25) is 5.91 Å². The fourth-order valence-corrected chi connectivity index (χ4v) is 2.55. The van der Waals surface area contributed by atoms with Gasteiger partial charge in [-0.3, -0.25) is 4.79 Å². The van der Waals surface area contributed by atoms with Crippen molar-refractivity contribution in [2.24, 2.45) is 0 Å². The molecule has 0 aromatic heterocycles. The number of aliphatic carboxylic acids is 1. The summed E-state index contributed by atoms with van der Waals surface area (Å²) in [5.74, 6) is -1.98. The zero-order chi connectivity index (χ0) is 21.8. The molecule has 2 aliphatic rings. The molecule has 10 atom stereocenters. The number of aliphatic hydroxyl groups is 8. The molecule has 2 heterocycles. The van der Waals surface area contributed by atoms with Crippen LogP contribution in [0.1, 0.15) is 6.92 Å². The standard InChI is InChI=1S/C8H15NO6.C6H10O7/c1-3(11)9-5-7(13)6(12)4(2-10)15-8(5)14;7-1-2(8)4(5(10)11)13-6(12)3(1)9/h4-8,10,12-14H,2H2,1H3,(H,9,11);1-4,6-9,12H,(H,10,11)/t4-,5-,6+,7-,8?;/m1./s1. The van der Waals surface area contributed by atoms with Gasteiger partial charge in [-0.1, -0.05) is 0 Å². The van der Waals surface area contributed by atoms with Crippen molar-refractivity contribution in [3.8, 4) is 0 Å². The maximum absolute atomic E-state index is 10.7. The van der Waals surface area contributed by atoms with E-state index in [1.165, 1.54) is 6.92 Å². The molecule has 2 saturated heterocycles. The highest BCUT2D eigenvalue weighted by Crippen LogP contribution is 2.20. The minimum Gasteiger partial charge on any atom is -0.479 e. The molecule has 0 aromatic rings. The molecule has 14 nitrogen and oxygen atoms in total. The number of hydrogen-bond donors (Lipinski definition) is 10. The van der Waals surface area contributed by atoms with Gasteiger partial charge in [0, 0.05) is 6.92 Å². The summed E-state index contributed by atoms with van der Waals surface area (Å²) in [6.07, 6.45) is -14.0. The summed E-state index contributed by atoms with van der Waals surface area (Å²) in [6, 6.07) is -1.10. The number of carbonyl (C=O) groups is 2. The number of carboxylic acid groups (broad SMARTS) is 1. The number of nitrogens with one attached hydrogen (secondary N) is 1. The number of ether oxygens (including phenoxy) is 2. The minimum atomic E-state index is -1.81. The van der Waals surface area contributed by atoms with E-state index in [1.807, 2.05) is 0 Å². The Bertz CT molecular complexity index is 533. The zero-order valence-electron chi connectivity index (χ0n) is 14.6. The second-order valence-electron chi connectivity index (χ2n) is 6.21. The molecule has 10 N–H and O–H groups in total. The first-order chi connectivity index (χ1) is 12.9. The minimum absolute atomic E-state index is 0.462. The molecular weight excluding hydrogens is 390 g/mol. The molecule has 14 heteroatoms. The second-order valence-corrected chi connectivity index (χ2v) is 6.21. The van der Waals surface area contributed by atoms with Gasteiger partial charge >= 0.3 is 5.97 Å². The van der Waals surface area contributed by atoms with Gasteiger partial charge in [0.15, 0.2) is 18.7 Å². The molecule has 0 saturated carbocycles. The molecule has 0 radical (unpaired) electrons. The third-order valence-electron chi connectivity index (χ3n) is 4.10. The molecule has 0 aromatic carbocycles. The summed E-state index contributed by atoms with van der Waals surface area (Å²) in [4.78, 5) is 21.1. The lowest BCUT2D eigenvalue weighted by Gasteiger charge is -2.40. The second kappa shape index (κ2) is 10.4. The van der Waals surface area contributed by atoms with Crippen molar-refractivity contribution in [1.82, 2.24) is 5.32 Å².